The first-order valence-electron chi connectivity index (χ1n) is 7.01. The van der Waals surface area contributed by atoms with E-state index in [2.05, 4.69) is 22.3 Å². The molecule has 3 nitrogen and oxygen atoms in total. The summed E-state index contributed by atoms with van der Waals surface area (Å²) in [6.07, 6.45) is 5.15. The first kappa shape index (κ1) is 12.9. The quantitative estimate of drug-likeness (QED) is 0.860. The predicted molar refractivity (Wildman–Crippen MR) is 77.5 cm³/mol. The molecule has 102 valence electrons. The molecule has 1 aliphatic carbocycles. The molecule has 0 bridgehead atoms. The number of hydrogen-bond donors (Lipinski definition) is 1. The van der Waals surface area contributed by atoms with Crippen LogP contribution in [0.15, 0.2) is 18.2 Å². The highest BCUT2D eigenvalue weighted by Crippen LogP contribution is 2.32. The van der Waals surface area contributed by atoms with Gasteiger partial charge in [-0.3, -0.25) is 9.69 Å². The Kier molecular flexibility index (Phi) is 3.76. The molecule has 1 aromatic rings. The molecule has 4 heteroatoms. The summed E-state index contributed by atoms with van der Waals surface area (Å²) >= 11 is 5.39. The van der Waals surface area contributed by atoms with Gasteiger partial charge in [0.25, 0.3) is 0 Å². The number of hydrogen-bond acceptors (Lipinski definition) is 3. The Bertz CT molecular complexity index is 485. The van der Waals surface area contributed by atoms with E-state index in [1.807, 2.05) is 6.07 Å². The van der Waals surface area contributed by atoms with E-state index in [1.165, 1.54) is 30.4 Å². The third-order valence-corrected chi connectivity index (χ3v) is 4.44. The van der Waals surface area contributed by atoms with Crippen molar-refractivity contribution >= 4 is 22.5 Å². The average Bonchev–Trinajstić information content (AvgIpc) is 2.33. The van der Waals surface area contributed by atoms with Crippen molar-refractivity contribution in [2.24, 2.45) is 0 Å². The number of rotatable bonds is 4. The Balaban J connectivity index is 1.74. The Labute approximate surface area is 118 Å². The molecule has 1 aliphatic heterocycles. The highest BCUT2D eigenvalue weighted by Gasteiger charge is 2.28. The molecule has 1 fully saturated rings. The minimum atomic E-state index is -0.343. The van der Waals surface area contributed by atoms with Gasteiger partial charge in [-0.25, -0.2) is 0 Å². The lowest BCUT2D eigenvalue weighted by Gasteiger charge is -2.40. The lowest BCUT2D eigenvalue weighted by atomic mass is 9.88. The van der Waals surface area contributed by atoms with Gasteiger partial charge in [0.1, 0.15) is 0 Å². The van der Waals surface area contributed by atoms with E-state index in [0.29, 0.717) is 0 Å². The molecule has 19 heavy (non-hydrogen) atoms. The van der Waals surface area contributed by atoms with Gasteiger partial charge in [-0.15, -0.1) is 0 Å². The number of nitrogens with one attached hydrogen (secondary N) is 1. The van der Waals surface area contributed by atoms with Gasteiger partial charge in [0.15, 0.2) is 0 Å². The monoisotopic (exact) mass is 278 g/mol. The standard InChI is InChI=1S/C15H19ClN2O/c16-15(19)9-17-14-6-1-3-11-10-18(8-7-13(11)14)12-4-2-5-12/h1,3,6,12,17H,2,4-5,7-10H2. The van der Waals surface area contributed by atoms with Gasteiger partial charge in [0.2, 0.25) is 5.24 Å². The molecule has 1 aromatic carbocycles. The molecule has 0 spiro atoms. The van der Waals surface area contributed by atoms with Crippen LogP contribution >= 0.6 is 11.6 Å². The van der Waals surface area contributed by atoms with Crippen molar-refractivity contribution in [1.82, 2.24) is 4.90 Å². The summed E-state index contributed by atoms with van der Waals surface area (Å²) in [4.78, 5) is 13.5. The average molecular weight is 279 g/mol. The van der Waals surface area contributed by atoms with Crippen LogP contribution in [-0.2, 0) is 17.8 Å². The predicted octanol–water partition coefficient (Wildman–Crippen LogP) is 2.77. The van der Waals surface area contributed by atoms with Crippen molar-refractivity contribution in [2.45, 2.75) is 38.3 Å². The van der Waals surface area contributed by atoms with E-state index < -0.39 is 0 Å². The number of halogens is 1. The topological polar surface area (TPSA) is 32.3 Å². The number of fused-ring (bicyclic) bond motifs is 1. The van der Waals surface area contributed by atoms with E-state index in [4.69, 9.17) is 11.6 Å². The highest BCUT2D eigenvalue weighted by molar-refractivity contribution is 6.64. The van der Waals surface area contributed by atoms with Gasteiger partial charge in [-0.2, -0.15) is 0 Å². The van der Waals surface area contributed by atoms with E-state index in [1.54, 1.807) is 0 Å². The summed E-state index contributed by atoms with van der Waals surface area (Å²) < 4.78 is 0. The third-order valence-electron chi connectivity index (χ3n) is 4.30. The van der Waals surface area contributed by atoms with Crippen molar-refractivity contribution in [3.63, 3.8) is 0 Å². The zero-order chi connectivity index (χ0) is 13.2. The van der Waals surface area contributed by atoms with Crippen molar-refractivity contribution < 1.29 is 4.79 Å². The summed E-state index contributed by atoms with van der Waals surface area (Å²) in [5.74, 6) is 0. The lowest BCUT2D eigenvalue weighted by molar-refractivity contribution is -0.110. The van der Waals surface area contributed by atoms with E-state index in [9.17, 15) is 4.79 Å². The molecule has 1 N–H and O–H groups in total. The van der Waals surface area contributed by atoms with E-state index in [0.717, 1.165) is 31.2 Å². The minimum absolute atomic E-state index is 0.199. The second-order valence-electron chi connectivity index (χ2n) is 5.46. The summed E-state index contributed by atoms with van der Waals surface area (Å²) in [7, 11) is 0. The fraction of sp³-hybridized carbons (Fsp3) is 0.533. The lowest BCUT2D eigenvalue weighted by Crippen LogP contribution is -2.43. The second-order valence-corrected chi connectivity index (χ2v) is 5.88. The van der Waals surface area contributed by atoms with Crippen molar-refractivity contribution in [3.05, 3.63) is 29.3 Å². The first-order valence-corrected chi connectivity index (χ1v) is 7.39. The normalized spacial score (nSPS) is 19.6. The SMILES string of the molecule is O=C(Cl)CNc1cccc2c1CCN(C1CCC1)C2. The van der Waals surface area contributed by atoms with E-state index in [-0.39, 0.29) is 11.8 Å². The number of carbonyl (C=O) groups excluding carboxylic acids is 1. The Hall–Kier alpha value is -1.06. The Morgan fingerprint density at radius 1 is 1.42 bits per heavy atom. The first-order chi connectivity index (χ1) is 9.24. The van der Waals surface area contributed by atoms with E-state index >= 15 is 0 Å². The van der Waals surface area contributed by atoms with Crippen LogP contribution in [0.4, 0.5) is 5.69 Å². The summed E-state index contributed by atoms with van der Waals surface area (Å²) in [6, 6.07) is 7.10. The van der Waals surface area contributed by atoms with Crippen LogP contribution in [0.2, 0.25) is 0 Å². The fourth-order valence-electron chi connectivity index (χ4n) is 3.03. The molecule has 0 amide bonds. The number of carbonyl (C=O) groups is 1. The Morgan fingerprint density at radius 2 is 2.26 bits per heavy atom. The smallest absolute Gasteiger partial charge is 0.240 e. The maximum atomic E-state index is 10.9. The van der Waals surface area contributed by atoms with Crippen molar-refractivity contribution in [3.8, 4) is 0 Å². The van der Waals surface area contributed by atoms with Gasteiger partial charge in [0, 0.05) is 24.8 Å². The number of anilines is 1. The van der Waals surface area contributed by atoms with Crippen molar-refractivity contribution in [1.29, 1.82) is 0 Å². The third kappa shape index (κ3) is 2.77. The molecule has 0 aromatic heterocycles. The summed E-state index contributed by atoms with van der Waals surface area (Å²) in [6.45, 7) is 2.37. The van der Waals surface area contributed by atoms with Crippen LogP contribution < -0.4 is 5.32 Å². The second kappa shape index (κ2) is 5.51. The minimum Gasteiger partial charge on any atom is -0.376 e. The molecule has 0 atom stereocenters. The molecular weight excluding hydrogens is 260 g/mol. The van der Waals surface area contributed by atoms with Crippen LogP contribution in [0.3, 0.4) is 0 Å². The molecule has 1 saturated carbocycles. The molecule has 0 unspecified atom stereocenters. The van der Waals surface area contributed by atoms with Crippen LogP contribution in [0.25, 0.3) is 0 Å². The van der Waals surface area contributed by atoms with Crippen LogP contribution in [0, 0.1) is 0 Å². The molecule has 1 heterocycles. The molecule has 0 radical (unpaired) electrons. The Morgan fingerprint density at radius 3 is 2.95 bits per heavy atom. The van der Waals surface area contributed by atoms with Crippen LogP contribution in [-0.4, -0.2) is 29.3 Å². The number of nitrogens with zero attached hydrogens (tertiary/aromatic N) is 1. The van der Waals surface area contributed by atoms with Gasteiger partial charge in [-0.05, 0) is 48.1 Å². The number of benzene rings is 1. The van der Waals surface area contributed by atoms with Crippen molar-refractivity contribution in [2.75, 3.05) is 18.4 Å². The van der Waals surface area contributed by atoms with Gasteiger partial charge in [-0.1, -0.05) is 18.6 Å². The van der Waals surface area contributed by atoms with Gasteiger partial charge in [0.05, 0.1) is 6.54 Å². The fourth-order valence-corrected chi connectivity index (χ4v) is 3.09. The summed E-state index contributed by atoms with van der Waals surface area (Å²) in [5, 5.41) is 2.80. The maximum Gasteiger partial charge on any atom is 0.240 e. The molecular formula is C15H19ClN2O. The summed E-state index contributed by atoms with van der Waals surface area (Å²) in [5.41, 5.74) is 3.82. The zero-order valence-corrected chi connectivity index (χ0v) is 11.7. The van der Waals surface area contributed by atoms with Gasteiger partial charge >= 0.3 is 0 Å². The highest BCUT2D eigenvalue weighted by atomic mass is 35.5. The van der Waals surface area contributed by atoms with Crippen LogP contribution in [0.1, 0.15) is 30.4 Å². The van der Waals surface area contributed by atoms with Crippen LogP contribution in [0.5, 0.6) is 0 Å². The zero-order valence-electron chi connectivity index (χ0n) is 11.0. The molecule has 2 aliphatic rings. The molecule has 0 saturated heterocycles. The van der Waals surface area contributed by atoms with Gasteiger partial charge < -0.3 is 5.32 Å². The largest absolute Gasteiger partial charge is 0.376 e. The molecule has 3 rings (SSSR count). The maximum absolute atomic E-state index is 10.9.